The molecule has 0 saturated heterocycles. The van der Waals surface area contributed by atoms with E-state index in [0.717, 1.165) is 11.8 Å². The highest BCUT2D eigenvalue weighted by atomic mass is 32.1. The topological polar surface area (TPSA) is 47.0 Å². The Kier molecular flexibility index (Phi) is 4.43. The molecular weight excluding hydrogens is 291 g/mol. The van der Waals surface area contributed by atoms with Crippen LogP contribution in [0.2, 0.25) is 0 Å². The quantitative estimate of drug-likeness (QED) is 0.917. The summed E-state index contributed by atoms with van der Waals surface area (Å²) in [5.74, 6) is 0.468. The van der Waals surface area contributed by atoms with E-state index in [4.69, 9.17) is 4.74 Å². The molecule has 20 heavy (non-hydrogen) atoms. The number of nitrogens with zero attached hydrogens (tertiary/aromatic N) is 2. The zero-order chi connectivity index (χ0) is 14.6. The van der Waals surface area contributed by atoms with Crippen LogP contribution in [0.4, 0.5) is 18.3 Å². The summed E-state index contributed by atoms with van der Waals surface area (Å²) in [4.78, 5) is 7.04. The predicted molar refractivity (Wildman–Crippen MR) is 69.8 cm³/mol. The van der Waals surface area contributed by atoms with Crippen molar-refractivity contribution in [1.82, 2.24) is 9.97 Å². The number of anilines is 1. The highest BCUT2D eigenvalue weighted by Gasteiger charge is 2.33. The van der Waals surface area contributed by atoms with Crippen molar-refractivity contribution in [1.29, 1.82) is 0 Å². The van der Waals surface area contributed by atoms with Gasteiger partial charge in [-0.3, -0.25) is 0 Å². The summed E-state index contributed by atoms with van der Waals surface area (Å²) in [6.45, 7) is 2.61. The van der Waals surface area contributed by atoms with Crippen LogP contribution in [0.3, 0.4) is 0 Å². The van der Waals surface area contributed by atoms with Crippen LogP contribution in [0.15, 0.2) is 24.5 Å². The molecule has 2 aromatic rings. The van der Waals surface area contributed by atoms with Crippen molar-refractivity contribution < 1.29 is 17.9 Å². The Labute approximate surface area is 117 Å². The van der Waals surface area contributed by atoms with Gasteiger partial charge in [0.1, 0.15) is 4.88 Å². The SMILES string of the molecule is CCOc1ncccc1CNc1ncc(C(F)(F)F)s1. The minimum atomic E-state index is -4.36. The molecule has 0 aliphatic rings. The Morgan fingerprint density at radius 1 is 1.35 bits per heavy atom. The molecule has 2 aromatic heterocycles. The zero-order valence-corrected chi connectivity index (χ0v) is 11.4. The van der Waals surface area contributed by atoms with Crippen molar-refractivity contribution in [2.24, 2.45) is 0 Å². The van der Waals surface area contributed by atoms with Crippen molar-refractivity contribution >= 4 is 16.5 Å². The van der Waals surface area contributed by atoms with Crippen molar-refractivity contribution in [3.05, 3.63) is 35.0 Å². The van der Waals surface area contributed by atoms with Crippen LogP contribution in [0.1, 0.15) is 17.4 Å². The molecule has 0 aliphatic carbocycles. The largest absolute Gasteiger partial charge is 0.478 e. The van der Waals surface area contributed by atoms with E-state index in [9.17, 15) is 13.2 Å². The number of pyridine rings is 1. The summed E-state index contributed by atoms with van der Waals surface area (Å²) < 4.78 is 42.7. The fraction of sp³-hybridized carbons (Fsp3) is 0.333. The van der Waals surface area contributed by atoms with Crippen molar-refractivity contribution in [3.8, 4) is 5.88 Å². The van der Waals surface area contributed by atoms with E-state index < -0.39 is 11.1 Å². The molecule has 0 spiro atoms. The van der Waals surface area contributed by atoms with Gasteiger partial charge in [0.25, 0.3) is 0 Å². The fourth-order valence-electron chi connectivity index (χ4n) is 1.48. The first-order valence-corrected chi connectivity index (χ1v) is 6.66. The number of halogens is 3. The summed E-state index contributed by atoms with van der Waals surface area (Å²) >= 11 is 0.570. The molecule has 0 saturated carbocycles. The Morgan fingerprint density at radius 3 is 2.80 bits per heavy atom. The second-order valence-corrected chi connectivity index (χ2v) is 4.81. The third-order valence-corrected chi connectivity index (χ3v) is 3.35. The Bertz CT molecular complexity index is 571. The molecule has 0 amide bonds. The molecule has 2 heterocycles. The second-order valence-electron chi connectivity index (χ2n) is 3.78. The summed E-state index contributed by atoms with van der Waals surface area (Å²) in [6, 6.07) is 3.53. The first-order valence-electron chi connectivity index (χ1n) is 5.84. The molecule has 0 aliphatic heterocycles. The molecule has 1 N–H and O–H groups in total. The minimum absolute atomic E-state index is 0.212. The molecule has 108 valence electrons. The average molecular weight is 303 g/mol. The number of hydrogen-bond acceptors (Lipinski definition) is 5. The minimum Gasteiger partial charge on any atom is -0.478 e. The van der Waals surface area contributed by atoms with Crippen molar-refractivity contribution in [2.75, 3.05) is 11.9 Å². The molecule has 4 nitrogen and oxygen atoms in total. The number of nitrogens with one attached hydrogen (secondary N) is 1. The summed E-state index contributed by atoms with van der Waals surface area (Å²) in [5.41, 5.74) is 0.762. The van der Waals surface area contributed by atoms with Crippen LogP contribution >= 0.6 is 11.3 Å². The normalized spacial score (nSPS) is 11.4. The molecule has 0 unspecified atom stereocenters. The van der Waals surface area contributed by atoms with Gasteiger partial charge >= 0.3 is 6.18 Å². The Balaban J connectivity index is 2.04. The van der Waals surface area contributed by atoms with Gasteiger partial charge in [-0.2, -0.15) is 13.2 Å². The van der Waals surface area contributed by atoms with Crippen molar-refractivity contribution in [2.45, 2.75) is 19.6 Å². The van der Waals surface area contributed by atoms with Crippen LogP contribution in [0.5, 0.6) is 5.88 Å². The van der Waals surface area contributed by atoms with Crippen LogP contribution in [0, 0.1) is 0 Å². The summed E-state index contributed by atoms with van der Waals surface area (Å²) in [7, 11) is 0. The van der Waals surface area contributed by atoms with Gasteiger partial charge in [-0.1, -0.05) is 17.4 Å². The lowest BCUT2D eigenvalue weighted by molar-refractivity contribution is -0.134. The van der Waals surface area contributed by atoms with Crippen LogP contribution in [-0.4, -0.2) is 16.6 Å². The predicted octanol–water partition coefficient (Wildman–Crippen LogP) is 3.57. The highest BCUT2D eigenvalue weighted by Crippen LogP contribution is 2.35. The fourth-order valence-corrected chi connectivity index (χ4v) is 2.16. The van der Waals surface area contributed by atoms with Crippen LogP contribution < -0.4 is 10.1 Å². The monoisotopic (exact) mass is 303 g/mol. The lowest BCUT2D eigenvalue weighted by Crippen LogP contribution is -2.04. The third kappa shape index (κ3) is 3.60. The maximum atomic E-state index is 12.4. The molecular formula is C12H12F3N3OS. The maximum absolute atomic E-state index is 12.4. The first kappa shape index (κ1) is 14.6. The summed E-state index contributed by atoms with van der Waals surface area (Å²) in [6.07, 6.45) is -1.94. The van der Waals surface area contributed by atoms with E-state index in [1.807, 2.05) is 6.92 Å². The van der Waals surface area contributed by atoms with Gasteiger partial charge in [0, 0.05) is 18.3 Å². The number of thiazole rings is 1. The molecule has 0 atom stereocenters. The lowest BCUT2D eigenvalue weighted by atomic mass is 10.3. The Hall–Kier alpha value is -1.83. The molecule has 2 rings (SSSR count). The van der Waals surface area contributed by atoms with Gasteiger partial charge in [0.05, 0.1) is 12.8 Å². The second kappa shape index (κ2) is 6.08. The smallest absolute Gasteiger partial charge is 0.427 e. The third-order valence-electron chi connectivity index (χ3n) is 2.35. The zero-order valence-electron chi connectivity index (χ0n) is 10.6. The standard InChI is InChI=1S/C12H12F3N3OS/c1-2-19-10-8(4-3-5-16-10)6-17-11-18-7-9(20-11)12(13,14)15/h3-5,7H,2,6H2,1H3,(H,17,18). The van der Waals surface area contributed by atoms with Gasteiger partial charge in [-0.25, -0.2) is 9.97 Å². The van der Waals surface area contributed by atoms with Gasteiger partial charge in [0.15, 0.2) is 5.13 Å². The molecule has 8 heteroatoms. The molecule has 0 aromatic carbocycles. The van der Waals surface area contributed by atoms with Crippen molar-refractivity contribution in [3.63, 3.8) is 0 Å². The van der Waals surface area contributed by atoms with Gasteiger partial charge in [0.2, 0.25) is 5.88 Å². The van der Waals surface area contributed by atoms with Gasteiger partial charge in [-0.15, -0.1) is 0 Å². The van der Waals surface area contributed by atoms with Gasteiger partial charge < -0.3 is 10.1 Å². The number of ether oxygens (including phenoxy) is 1. The lowest BCUT2D eigenvalue weighted by Gasteiger charge is -2.08. The summed E-state index contributed by atoms with van der Waals surface area (Å²) in [5, 5.41) is 3.05. The number of alkyl halides is 3. The van der Waals surface area contributed by atoms with Gasteiger partial charge in [-0.05, 0) is 13.0 Å². The number of rotatable bonds is 5. The van der Waals surface area contributed by atoms with E-state index in [0.29, 0.717) is 30.4 Å². The first-order chi connectivity index (χ1) is 9.50. The highest BCUT2D eigenvalue weighted by molar-refractivity contribution is 7.15. The Morgan fingerprint density at radius 2 is 2.15 bits per heavy atom. The number of aromatic nitrogens is 2. The van der Waals surface area contributed by atoms with E-state index in [-0.39, 0.29) is 5.13 Å². The van der Waals surface area contributed by atoms with E-state index in [1.165, 1.54) is 0 Å². The van der Waals surface area contributed by atoms with Crippen LogP contribution in [0.25, 0.3) is 0 Å². The average Bonchev–Trinajstić information content (AvgIpc) is 2.87. The van der Waals surface area contributed by atoms with E-state index >= 15 is 0 Å². The molecule has 0 fully saturated rings. The van der Waals surface area contributed by atoms with Crippen LogP contribution in [-0.2, 0) is 12.7 Å². The maximum Gasteiger partial charge on any atom is 0.427 e. The van der Waals surface area contributed by atoms with E-state index in [2.05, 4.69) is 15.3 Å². The number of hydrogen-bond donors (Lipinski definition) is 1. The molecule has 0 bridgehead atoms. The molecule has 0 radical (unpaired) electrons. The van der Waals surface area contributed by atoms with E-state index in [1.54, 1.807) is 18.3 Å².